The number of aryl methyl sites for hydroxylation is 1. The van der Waals surface area contributed by atoms with Crippen molar-refractivity contribution >= 4 is 21.6 Å². The number of nitrogens with zero attached hydrogens (tertiary/aromatic N) is 1. The molecule has 0 aliphatic heterocycles. The van der Waals surface area contributed by atoms with Gasteiger partial charge >= 0.3 is 0 Å². The third-order valence-electron chi connectivity index (χ3n) is 2.66. The van der Waals surface area contributed by atoms with Gasteiger partial charge in [-0.05, 0) is 43.7 Å². The zero-order valence-electron chi connectivity index (χ0n) is 9.94. The number of anilines is 1. The highest BCUT2D eigenvalue weighted by molar-refractivity contribution is 9.10. The predicted molar refractivity (Wildman–Crippen MR) is 75.2 cm³/mol. The molecule has 0 saturated carbocycles. The Kier molecular flexibility index (Phi) is 3.79. The largest absolute Gasteiger partial charge is 0.377 e. The summed E-state index contributed by atoms with van der Waals surface area (Å²) in [4.78, 5) is 4.27. The second kappa shape index (κ2) is 5.32. The molecule has 88 valence electrons. The molecule has 1 unspecified atom stereocenters. The highest BCUT2D eigenvalue weighted by atomic mass is 79.9. The van der Waals surface area contributed by atoms with Gasteiger partial charge in [-0.15, -0.1) is 0 Å². The third kappa shape index (κ3) is 3.30. The fourth-order valence-corrected chi connectivity index (χ4v) is 1.90. The maximum Gasteiger partial charge on any atom is 0.0531 e. The maximum absolute atomic E-state index is 4.27. The number of halogens is 1. The molecule has 0 spiro atoms. The lowest BCUT2D eigenvalue weighted by Crippen LogP contribution is -2.06. The Balaban J connectivity index is 2.08. The lowest BCUT2D eigenvalue weighted by atomic mass is 10.1. The van der Waals surface area contributed by atoms with Crippen molar-refractivity contribution in [2.75, 3.05) is 5.32 Å². The van der Waals surface area contributed by atoms with Gasteiger partial charge in [0.25, 0.3) is 0 Å². The molecule has 1 aromatic carbocycles. The Morgan fingerprint density at radius 1 is 1.12 bits per heavy atom. The molecule has 17 heavy (non-hydrogen) atoms. The van der Waals surface area contributed by atoms with Crippen molar-refractivity contribution in [1.82, 2.24) is 4.98 Å². The van der Waals surface area contributed by atoms with Gasteiger partial charge in [-0.1, -0.05) is 28.1 Å². The van der Waals surface area contributed by atoms with Gasteiger partial charge < -0.3 is 5.32 Å². The van der Waals surface area contributed by atoms with E-state index in [0.29, 0.717) is 0 Å². The van der Waals surface area contributed by atoms with Gasteiger partial charge in [0.2, 0.25) is 0 Å². The van der Waals surface area contributed by atoms with Crippen LogP contribution in [0.1, 0.15) is 24.2 Å². The third-order valence-corrected chi connectivity index (χ3v) is 3.19. The van der Waals surface area contributed by atoms with Crippen molar-refractivity contribution in [3.8, 4) is 0 Å². The summed E-state index contributed by atoms with van der Waals surface area (Å²) in [5, 5.41) is 3.43. The van der Waals surface area contributed by atoms with E-state index in [0.717, 1.165) is 15.9 Å². The molecule has 0 saturated heterocycles. The first-order valence-electron chi connectivity index (χ1n) is 5.60. The second-order valence-electron chi connectivity index (χ2n) is 4.11. The Bertz CT molecular complexity index is 477. The first-order chi connectivity index (χ1) is 8.15. The molecule has 2 aromatic rings. The highest BCUT2D eigenvalue weighted by Gasteiger charge is 2.04. The highest BCUT2D eigenvalue weighted by Crippen LogP contribution is 2.20. The summed E-state index contributed by atoms with van der Waals surface area (Å²) in [6.45, 7) is 4.13. The van der Waals surface area contributed by atoms with Crippen LogP contribution in [0.5, 0.6) is 0 Å². The molecule has 1 atom stereocenters. The van der Waals surface area contributed by atoms with Crippen LogP contribution in [-0.2, 0) is 0 Å². The molecule has 0 fully saturated rings. The zero-order valence-corrected chi connectivity index (χ0v) is 11.5. The lowest BCUT2D eigenvalue weighted by molar-refractivity contribution is 0.882. The molecule has 1 aromatic heterocycles. The maximum atomic E-state index is 4.27. The van der Waals surface area contributed by atoms with Crippen molar-refractivity contribution in [3.63, 3.8) is 0 Å². The normalized spacial score (nSPS) is 12.2. The SMILES string of the molecule is Cc1ccc(NC(C)c2ccc(Br)cc2)cn1. The average molecular weight is 291 g/mol. The topological polar surface area (TPSA) is 24.9 Å². The van der Waals surface area contributed by atoms with E-state index in [1.165, 1.54) is 5.56 Å². The minimum atomic E-state index is 0.271. The van der Waals surface area contributed by atoms with E-state index in [9.17, 15) is 0 Å². The van der Waals surface area contributed by atoms with E-state index >= 15 is 0 Å². The van der Waals surface area contributed by atoms with Crippen LogP contribution in [-0.4, -0.2) is 4.98 Å². The number of pyridine rings is 1. The average Bonchev–Trinajstić information content (AvgIpc) is 2.33. The van der Waals surface area contributed by atoms with Crippen molar-refractivity contribution in [2.45, 2.75) is 19.9 Å². The summed E-state index contributed by atoms with van der Waals surface area (Å²) in [7, 11) is 0. The molecule has 1 heterocycles. The monoisotopic (exact) mass is 290 g/mol. The number of nitrogens with one attached hydrogen (secondary N) is 1. The molecule has 1 N–H and O–H groups in total. The molecule has 2 nitrogen and oxygen atoms in total. The van der Waals surface area contributed by atoms with Crippen LogP contribution >= 0.6 is 15.9 Å². The number of aromatic nitrogens is 1. The quantitative estimate of drug-likeness (QED) is 0.910. The first kappa shape index (κ1) is 12.1. The zero-order chi connectivity index (χ0) is 12.3. The van der Waals surface area contributed by atoms with Crippen LogP contribution in [0.2, 0.25) is 0 Å². The smallest absolute Gasteiger partial charge is 0.0531 e. The van der Waals surface area contributed by atoms with Crippen molar-refractivity contribution in [2.24, 2.45) is 0 Å². The van der Waals surface area contributed by atoms with E-state index < -0.39 is 0 Å². The van der Waals surface area contributed by atoms with Gasteiger partial charge in [-0.2, -0.15) is 0 Å². The van der Waals surface area contributed by atoms with Gasteiger partial charge in [0.15, 0.2) is 0 Å². The fourth-order valence-electron chi connectivity index (χ4n) is 1.64. The first-order valence-corrected chi connectivity index (χ1v) is 6.39. The standard InChI is InChI=1S/C14H15BrN2/c1-10-3-8-14(9-16-10)17-11(2)12-4-6-13(15)7-5-12/h3-9,11,17H,1-2H3. The fraction of sp³-hybridized carbons (Fsp3) is 0.214. The van der Waals surface area contributed by atoms with Crippen molar-refractivity contribution in [1.29, 1.82) is 0 Å². The van der Waals surface area contributed by atoms with E-state index in [2.05, 4.69) is 63.5 Å². The Hall–Kier alpha value is -1.35. The molecule has 0 aliphatic rings. The number of hydrogen-bond donors (Lipinski definition) is 1. The van der Waals surface area contributed by atoms with Gasteiger partial charge in [0.1, 0.15) is 0 Å². The summed E-state index contributed by atoms with van der Waals surface area (Å²) < 4.78 is 1.10. The Labute approximate surface area is 110 Å². The van der Waals surface area contributed by atoms with Crippen LogP contribution in [0.25, 0.3) is 0 Å². The molecule has 3 heteroatoms. The van der Waals surface area contributed by atoms with Crippen molar-refractivity contribution < 1.29 is 0 Å². The van der Waals surface area contributed by atoms with Crippen LogP contribution in [0.15, 0.2) is 47.1 Å². The summed E-state index contributed by atoms with van der Waals surface area (Å²) in [5.41, 5.74) is 3.34. The van der Waals surface area contributed by atoms with E-state index in [1.54, 1.807) is 0 Å². The number of rotatable bonds is 3. The molecule has 2 rings (SSSR count). The molecule has 0 aliphatic carbocycles. The molecular formula is C14H15BrN2. The predicted octanol–water partition coefficient (Wildman–Crippen LogP) is 4.33. The Morgan fingerprint density at radius 3 is 2.41 bits per heavy atom. The molecule has 0 amide bonds. The molecular weight excluding hydrogens is 276 g/mol. The minimum Gasteiger partial charge on any atom is -0.377 e. The number of hydrogen-bond acceptors (Lipinski definition) is 2. The second-order valence-corrected chi connectivity index (χ2v) is 5.02. The van der Waals surface area contributed by atoms with E-state index in [4.69, 9.17) is 0 Å². The van der Waals surface area contributed by atoms with Crippen LogP contribution in [0, 0.1) is 6.92 Å². The van der Waals surface area contributed by atoms with Crippen LogP contribution < -0.4 is 5.32 Å². The van der Waals surface area contributed by atoms with Gasteiger partial charge in [-0.25, -0.2) is 0 Å². The lowest BCUT2D eigenvalue weighted by Gasteiger charge is -2.15. The summed E-state index contributed by atoms with van der Waals surface area (Å²) in [5.74, 6) is 0. The van der Waals surface area contributed by atoms with Crippen molar-refractivity contribution in [3.05, 3.63) is 58.3 Å². The summed E-state index contributed by atoms with van der Waals surface area (Å²) in [6, 6.07) is 12.7. The van der Waals surface area contributed by atoms with E-state index in [-0.39, 0.29) is 6.04 Å². The Morgan fingerprint density at radius 2 is 1.82 bits per heavy atom. The van der Waals surface area contributed by atoms with Crippen LogP contribution in [0.3, 0.4) is 0 Å². The van der Waals surface area contributed by atoms with Gasteiger partial charge in [-0.3, -0.25) is 4.98 Å². The number of benzene rings is 1. The van der Waals surface area contributed by atoms with E-state index in [1.807, 2.05) is 19.2 Å². The minimum absolute atomic E-state index is 0.271. The summed E-state index contributed by atoms with van der Waals surface area (Å²) in [6.07, 6.45) is 1.87. The molecule has 0 radical (unpaired) electrons. The summed E-state index contributed by atoms with van der Waals surface area (Å²) >= 11 is 3.44. The van der Waals surface area contributed by atoms with Crippen LogP contribution in [0.4, 0.5) is 5.69 Å². The van der Waals surface area contributed by atoms with Gasteiger partial charge in [0.05, 0.1) is 11.9 Å². The molecule has 0 bridgehead atoms. The van der Waals surface area contributed by atoms with Gasteiger partial charge in [0, 0.05) is 16.2 Å².